The van der Waals surface area contributed by atoms with Crippen molar-refractivity contribution in [2.24, 2.45) is 0 Å². The van der Waals surface area contributed by atoms with Crippen LogP contribution in [0.1, 0.15) is 271 Å². The van der Waals surface area contributed by atoms with Crippen molar-refractivity contribution in [2.45, 2.75) is 277 Å². The fourth-order valence-electron chi connectivity index (χ4n) is 7.56. The van der Waals surface area contributed by atoms with Crippen LogP contribution in [0.25, 0.3) is 0 Å². The Bertz CT molecular complexity index is 804. The first-order valence-corrected chi connectivity index (χ1v) is 25.9. The maximum absolute atomic E-state index is 12.5. The minimum atomic E-state index is -4.65. The van der Waals surface area contributed by atoms with Crippen LogP contribution in [0.15, 0.2) is 0 Å². The molecule has 0 saturated carbocycles. The second-order valence-corrected chi connectivity index (χ2v) is 18.0. The lowest BCUT2D eigenvalue weighted by Gasteiger charge is -2.18. The first kappa shape index (κ1) is 54.5. The Morgan fingerprint density at radius 2 is 0.691 bits per heavy atom. The van der Waals surface area contributed by atoms with E-state index in [0.29, 0.717) is 13.0 Å². The Kier molecular flexibility index (Phi) is 44.3. The number of esters is 1. The molecule has 0 heterocycles. The molecule has 7 nitrogen and oxygen atoms in total. The third-order valence-electron chi connectivity index (χ3n) is 11.2. The number of carbonyl (C=O) groups is 1. The lowest BCUT2D eigenvalue weighted by atomic mass is 10.0. The standard InChI is InChI=1S/C47H95O7P/c1-3-5-7-9-11-13-15-17-19-21-22-23-24-25-26-27-28-30-32-34-36-38-40-42-47(48)54-46(45-53-55(49,50)51)44-52-43-41-39-37-35-33-31-29-20-18-16-14-12-10-8-6-4-2/h46H,3-45H2,1-2H3,(H2,49,50,51)/t46-/m1/s1. The van der Waals surface area contributed by atoms with Gasteiger partial charge in [0, 0.05) is 13.0 Å². The van der Waals surface area contributed by atoms with Gasteiger partial charge in [0.05, 0.1) is 13.2 Å². The van der Waals surface area contributed by atoms with Crippen LogP contribution in [0, 0.1) is 0 Å². The summed E-state index contributed by atoms with van der Waals surface area (Å²) in [5.41, 5.74) is 0. The Labute approximate surface area is 342 Å². The molecule has 330 valence electrons. The molecule has 0 rings (SSSR count). The van der Waals surface area contributed by atoms with E-state index in [1.807, 2.05) is 0 Å². The van der Waals surface area contributed by atoms with Gasteiger partial charge in [-0.05, 0) is 12.8 Å². The Morgan fingerprint density at radius 1 is 0.418 bits per heavy atom. The van der Waals surface area contributed by atoms with Crippen LogP contribution in [0.4, 0.5) is 0 Å². The molecule has 0 saturated heterocycles. The second-order valence-electron chi connectivity index (χ2n) is 16.8. The van der Waals surface area contributed by atoms with Gasteiger partial charge in [-0.25, -0.2) is 4.57 Å². The van der Waals surface area contributed by atoms with E-state index in [-0.39, 0.29) is 19.2 Å². The third-order valence-corrected chi connectivity index (χ3v) is 11.6. The van der Waals surface area contributed by atoms with Gasteiger partial charge >= 0.3 is 13.8 Å². The van der Waals surface area contributed by atoms with Crippen molar-refractivity contribution in [2.75, 3.05) is 19.8 Å². The van der Waals surface area contributed by atoms with Crippen LogP contribution in [-0.2, 0) is 23.4 Å². The maximum atomic E-state index is 12.5. The van der Waals surface area contributed by atoms with Crippen molar-refractivity contribution in [1.29, 1.82) is 0 Å². The predicted octanol–water partition coefficient (Wildman–Crippen LogP) is 15.7. The van der Waals surface area contributed by atoms with E-state index in [4.69, 9.17) is 19.3 Å². The van der Waals surface area contributed by atoms with Crippen LogP contribution in [0.2, 0.25) is 0 Å². The summed E-state index contributed by atoms with van der Waals surface area (Å²) in [4.78, 5) is 30.7. The molecular formula is C47H95O7P. The SMILES string of the molecule is CCCCCCCCCCCCCCCCCCCCCCCCCC(=O)O[C@H](COCCCCCCCCCCCCCCCCCC)COP(=O)(O)O. The summed E-state index contributed by atoms with van der Waals surface area (Å²) in [5, 5.41) is 0. The molecule has 0 spiro atoms. The summed E-state index contributed by atoms with van der Waals surface area (Å²) < 4.78 is 27.1. The summed E-state index contributed by atoms with van der Waals surface area (Å²) >= 11 is 0. The molecular weight excluding hydrogens is 707 g/mol. The van der Waals surface area contributed by atoms with Crippen molar-refractivity contribution in [3.63, 3.8) is 0 Å². The average molecular weight is 803 g/mol. The third kappa shape index (κ3) is 47.8. The molecule has 0 aromatic rings. The van der Waals surface area contributed by atoms with Gasteiger partial charge in [-0.2, -0.15) is 0 Å². The molecule has 0 bridgehead atoms. The summed E-state index contributed by atoms with van der Waals surface area (Å²) in [7, 11) is -4.65. The number of hydrogen-bond donors (Lipinski definition) is 2. The smallest absolute Gasteiger partial charge is 0.457 e. The van der Waals surface area contributed by atoms with Crippen LogP contribution >= 0.6 is 7.82 Å². The van der Waals surface area contributed by atoms with Gasteiger partial charge in [-0.1, -0.05) is 251 Å². The molecule has 0 aliphatic rings. The summed E-state index contributed by atoms with van der Waals surface area (Å²) in [6.07, 6.45) is 51.2. The fraction of sp³-hybridized carbons (Fsp3) is 0.979. The van der Waals surface area contributed by atoms with E-state index in [1.165, 1.54) is 218 Å². The summed E-state index contributed by atoms with van der Waals surface area (Å²) in [5.74, 6) is -0.353. The van der Waals surface area contributed by atoms with E-state index in [0.717, 1.165) is 32.1 Å². The molecule has 55 heavy (non-hydrogen) atoms. The molecule has 2 N–H and O–H groups in total. The van der Waals surface area contributed by atoms with Crippen LogP contribution in [0.3, 0.4) is 0 Å². The van der Waals surface area contributed by atoms with Gasteiger partial charge < -0.3 is 19.3 Å². The Morgan fingerprint density at radius 3 is 0.982 bits per heavy atom. The number of unbranched alkanes of at least 4 members (excludes halogenated alkanes) is 37. The first-order valence-electron chi connectivity index (χ1n) is 24.4. The lowest BCUT2D eigenvalue weighted by Crippen LogP contribution is -2.28. The van der Waals surface area contributed by atoms with E-state index < -0.39 is 13.9 Å². The molecule has 1 atom stereocenters. The van der Waals surface area contributed by atoms with Gasteiger partial charge in [0.15, 0.2) is 0 Å². The highest BCUT2D eigenvalue weighted by Crippen LogP contribution is 2.36. The summed E-state index contributed by atoms with van der Waals surface area (Å²) in [6, 6.07) is 0. The molecule has 0 aliphatic heterocycles. The van der Waals surface area contributed by atoms with Crippen LogP contribution in [0.5, 0.6) is 0 Å². The van der Waals surface area contributed by atoms with Gasteiger partial charge in [0.25, 0.3) is 0 Å². The summed E-state index contributed by atoms with van der Waals surface area (Å²) in [6.45, 7) is 4.82. The average Bonchev–Trinajstić information content (AvgIpc) is 3.16. The fourth-order valence-corrected chi connectivity index (χ4v) is 7.92. The van der Waals surface area contributed by atoms with Gasteiger partial charge in [-0.15, -0.1) is 0 Å². The van der Waals surface area contributed by atoms with E-state index in [2.05, 4.69) is 18.4 Å². The molecule has 0 unspecified atom stereocenters. The van der Waals surface area contributed by atoms with Crippen molar-refractivity contribution in [1.82, 2.24) is 0 Å². The highest BCUT2D eigenvalue weighted by atomic mass is 31.2. The Hall–Kier alpha value is -0.460. The number of carbonyl (C=O) groups excluding carboxylic acids is 1. The van der Waals surface area contributed by atoms with E-state index in [1.54, 1.807) is 0 Å². The number of rotatable bonds is 47. The predicted molar refractivity (Wildman–Crippen MR) is 235 cm³/mol. The number of ether oxygens (including phenoxy) is 2. The van der Waals surface area contributed by atoms with Crippen molar-refractivity contribution < 1.29 is 33.1 Å². The molecule has 0 amide bonds. The number of hydrogen-bond acceptors (Lipinski definition) is 5. The minimum absolute atomic E-state index is 0.0872. The molecule has 0 fully saturated rings. The second kappa shape index (κ2) is 44.6. The minimum Gasteiger partial charge on any atom is -0.457 e. The van der Waals surface area contributed by atoms with Crippen molar-refractivity contribution in [3.8, 4) is 0 Å². The van der Waals surface area contributed by atoms with Crippen molar-refractivity contribution >= 4 is 13.8 Å². The van der Waals surface area contributed by atoms with Crippen LogP contribution in [-0.4, -0.2) is 41.7 Å². The molecule has 0 aromatic carbocycles. The molecule has 0 radical (unpaired) electrons. The van der Waals surface area contributed by atoms with Gasteiger partial charge in [0.1, 0.15) is 6.10 Å². The maximum Gasteiger partial charge on any atom is 0.469 e. The zero-order chi connectivity index (χ0) is 40.2. The zero-order valence-corrected chi connectivity index (χ0v) is 37.8. The highest BCUT2D eigenvalue weighted by Gasteiger charge is 2.21. The molecule has 0 aliphatic carbocycles. The van der Waals surface area contributed by atoms with Gasteiger partial charge in [-0.3, -0.25) is 9.32 Å². The topological polar surface area (TPSA) is 102 Å². The zero-order valence-electron chi connectivity index (χ0n) is 36.9. The van der Waals surface area contributed by atoms with Crippen molar-refractivity contribution in [3.05, 3.63) is 0 Å². The quantitative estimate of drug-likeness (QED) is 0.0359. The molecule has 8 heteroatoms. The molecule has 0 aromatic heterocycles. The monoisotopic (exact) mass is 803 g/mol. The van der Waals surface area contributed by atoms with Gasteiger partial charge in [0.2, 0.25) is 0 Å². The normalized spacial score (nSPS) is 12.4. The van der Waals surface area contributed by atoms with Crippen LogP contribution < -0.4 is 0 Å². The van der Waals surface area contributed by atoms with E-state index in [9.17, 15) is 9.36 Å². The lowest BCUT2D eigenvalue weighted by molar-refractivity contribution is -0.154. The van der Waals surface area contributed by atoms with E-state index >= 15 is 0 Å². The first-order chi connectivity index (χ1) is 26.9. The largest absolute Gasteiger partial charge is 0.469 e. The number of phosphoric ester groups is 1. The Balaban J connectivity index is 3.66. The number of phosphoric acid groups is 1. The highest BCUT2D eigenvalue weighted by molar-refractivity contribution is 7.46.